The van der Waals surface area contributed by atoms with Crippen molar-refractivity contribution < 1.29 is 0 Å². The average molecular weight is 636 g/mol. The molecule has 4 atom stereocenters. The summed E-state index contributed by atoms with van der Waals surface area (Å²) in [6, 6.07) is 46.5. The van der Waals surface area contributed by atoms with E-state index in [2.05, 4.69) is 190 Å². The lowest BCUT2D eigenvalue weighted by atomic mass is 9.85. The maximum atomic E-state index is 4.06. The van der Waals surface area contributed by atoms with Crippen molar-refractivity contribution in [2.45, 2.75) is 18.4 Å². The Balaban J connectivity index is 1.18. The van der Waals surface area contributed by atoms with Crippen LogP contribution in [0.25, 0.3) is 17.3 Å². The van der Waals surface area contributed by atoms with Crippen LogP contribution in [0.5, 0.6) is 0 Å². The number of anilines is 4. The summed E-state index contributed by atoms with van der Waals surface area (Å²) in [6.07, 6.45) is 11.5. The zero-order valence-corrected chi connectivity index (χ0v) is 27.4. The number of benzene rings is 5. The summed E-state index contributed by atoms with van der Waals surface area (Å²) >= 11 is 0. The molecule has 10 rings (SSSR count). The van der Waals surface area contributed by atoms with Crippen LogP contribution in [0.15, 0.2) is 157 Å². The highest BCUT2D eigenvalue weighted by Crippen LogP contribution is 2.56. The van der Waals surface area contributed by atoms with Crippen LogP contribution in [0.2, 0.25) is 0 Å². The zero-order valence-electron chi connectivity index (χ0n) is 27.4. The molecule has 0 amide bonds. The Morgan fingerprint density at radius 2 is 1.31 bits per heavy atom. The molecule has 2 N–H and O–H groups in total. The van der Waals surface area contributed by atoms with Crippen LogP contribution >= 0.6 is 0 Å². The summed E-state index contributed by atoms with van der Waals surface area (Å²) in [4.78, 5) is 7.54. The molecule has 0 fully saturated rings. The van der Waals surface area contributed by atoms with Crippen molar-refractivity contribution in [1.82, 2.24) is 10.2 Å². The van der Waals surface area contributed by atoms with Gasteiger partial charge in [0.2, 0.25) is 0 Å². The topological polar surface area (TPSA) is 33.8 Å². The number of allylic oxidation sites excluding steroid dienone is 2. The van der Waals surface area contributed by atoms with Gasteiger partial charge in [0.15, 0.2) is 6.29 Å². The highest BCUT2D eigenvalue weighted by molar-refractivity contribution is 6.05. The Bertz CT molecular complexity index is 2230. The summed E-state index contributed by atoms with van der Waals surface area (Å²) in [7, 11) is 2.21. The minimum absolute atomic E-state index is 0.0290. The highest BCUT2D eigenvalue weighted by Gasteiger charge is 2.46. The number of hydrogen-bond donors (Lipinski definition) is 2. The van der Waals surface area contributed by atoms with Crippen molar-refractivity contribution in [3.8, 4) is 0 Å². The van der Waals surface area contributed by atoms with Crippen LogP contribution in [-0.2, 0) is 0 Å². The fraction of sp³-hybridized carbons (Fsp3) is 0.136. The molecule has 5 heteroatoms. The molecule has 1 aliphatic carbocycles. The molecule has 4 heterocycles. The van der Waals surface area contributed by atoms with E-state index in [9.17, 15) is 0 Å². The Kier molecular flexibility index (Phi) is 6.43. The number of nitrogens with one attached hydrogen (secondary N) is 2. The first kappa shape index (κ1) is 28.3. The summed E-state index contributed by atoms with van der Waals surface area (Å²) in [5.74, 6) is 0.211. The normalized spacial score (nSPS) is 23.0. The molecule has 4 unspecified atom stereocenters. The first-order valence-corrected chi connectivity index (χ1v) is 17.3. The predicted molar refractivity (Wildman–Crippen MR) is 202 cm³/mol. The zero-order chi connectivity index (χ0) is 32.5. The summed E-state index contributed by atoms with van der Waals surface area (Å²) in [5, 5.41) is 7.99. The van der Waals surface area contributed by atoms with Crippen LogP contribution in [0.3, 0.4) is 0 Å². The van der Waals surface area contributed by atoms with E-state index in [1.165, 1.54) is 61.8 Å². The van der Waals surface area contributed by atoms with E-state index in [0.29, 0.717) is 0 Å². The standard InChI is InChI=1S/C44H37N5/c1-47-28-31(27-30-17-5-11-23-37(30)47)48-38-24-12-7-19-33(38)41-34-20-8-13-25-39(34)49(40-26-14-9-21-35(40)43(41)48)44-45-36-22-10-6-18-32(36)42(46-44)29-15-3-2-4-16-29/h2-27,33,38,42,44-46H,28H2,1H3. The van der Waals surface area contributed by atoms with Gasteiger partial charge in [-0.25, -0.2) is 0 Å². The van der Waals surface area contributed by atoms with E-state index in [1.54, 1.807) is 0 Å². The molecule has 238 valence electrons. The van der Waals surface area contributed by atoms with E-state index >= 15 is 0 Å². The summed E-state index contributed by atoms with van der Waals surface area (Å²) < 4.78 is 0. The first-order valence-electron chi connectivity index (χ1n) is 17.3. The SMILES string of the molecule is CN1CC(N2C3=C(c4ccccc4N(C4Nc5ccccc5C(c5ccccc5)N4)c4ccccc43)C3C=CC=CC32)=Cc2ccccc21. The fourth-order valence-corrected chi connectivity index (χ4v) is 8.70. The molecule has 0 bridgehead atoms. The van der Waals surface area contributed by atoms with Crippen molar-refractivity contribution in [2.24, 2.45) is 5.92 Å². The third-order valence-corrected chi connectivity index (χ3v) is 10.8. The monoisotopic (exact) mass is 635 g/mol. The van der Waals surface area contributed by atoms with E-state index in [1.807, 2.05) is 0 Å². The second-order valence-electron chi connectivity index (χ2n) is 13.5. The largest absolute Gasteiger partial charge is 0.368 e. The average Bonchev–Trinajstić information content (AvgIpc) is 3.44. The minimum atomic E-state index is -0.208. The predicted octanol–water partition coefficient (Wildman–Crippen LogP) is 9.01. The molecule has 0 spiro atoms. The van der Waals surface area contributed by atoms with Gasteiger partial charge in [0.05, 0.1) is 35.7 Å². The smallest absolute Gasteiger partial charge is 0.160 e. The van der Waals surface area contributed by atoms with Crippen molar-refractivity contribution in [3.05, 3.63) is 185 Å². The van der Waals surface area contributed by atoms with E-state index in [0.717, 1.165) is 12.2 Å². The third kappa shape index (κ3) is 4.36. The highest BCUT2D eigenvalue weighted by atomic mass is 15.4. The second-order valence-corrected chi connectivity index (χ2v) is 13.5. The molecule has 49 heavy (non-hydrogen) atoms. The van der Waals surface area contributed by atoms with Gasteiger partial charge in [0.25, 0.3) is 0 Å². The Hall–Kier alpha value is -5.78. The minimum Gasteiger partial charge on any atom is -0.368 e. The molecule has 4 aliphatic heterocycles. The number of rotatable bonds is 3. The van der Waals surface area contributed by atoms with Gasteiger partial charge in [-0.05, 0) is 52.6 Å². The number of nitrogens with zero attached hydrogens (tertiary/aromatic N) is 3. The molecule has 5 aromatic carbocycles. The summed E-state index contributed by atoms with van der Waals surface area (Å²) in [5.41, 5.74) is 15.1. The van der Waals surface area contributed by atoms with Gasteiger partial charge < -0.3 is 20.0 Å². The van der Waals surface area contributed by atoms with E-state index < -0.39 is 0 Å². The van der Waals surface area contributed by atoms with Gasteiger partial charge in [-0.2, -0.15) is 0 Å². The quantitative estimate of drug-likeness (QED) is 0.207. The van der Waals surface area contributed by atoms with Crippen molar-refractivity contribution >= 4 is 40.1 Å². The van der Waals surface area contributed by atoms with Gasteiger partial charge in [0, 0.05) is 41.2 Å². The Morgan fingerprint density at radius 3 is 2.16 bits per heavy atom. The number of para-hydroxylation sites is 4. The van der Waals surface area contributed by atoms with Crippen LogP contribution in [0, 0.1) is 5.92 Å². The molecule has 5 aromatic rings. The number of fused-ring (bicyclic) bond motifs is 8. The van der Waals surface area contributed by atoms with Gasteiger partial charge in [-0.1, -0.05) is 127 Å². The lowest BCUT2D eigenvalue weighted by molar-refractivity contribution is 0.400. The van der Waals surface area contributed by atoms with Crippen LogP contribution in [0.1, 0.15) is 33.9 Å². The van der Waals surface area contributed by atoms with Crippen LogP contribution in [0.4, 0.5) is 22.7 Å². The molecular weight excluding hydrogens is 599 g/mol. The van der Waals surface area contributed by atoms with Crippen molar-refractivity contribution in [2.75, 3.05) is 28.7 Å². The third-order valence-electron chi connectivity index (χ3n) is 10.8. The molecule has 0 saturated carbocycles. The van der Waals surface area contributed by atoms with Crippen LogP contribution < -0.4 is 20.4 Å². The van der Waals surface area contributed by atoms with Gasteiger partial charge in [0.1, 0.15) is 0 Å². The number of hydrogen-bond acceptors (Lipinski definition) is 5. The molecule has 0 aromatic heterocycles. The van der Waals surface area contributed by atoms with Gasteiger partial charge >= 0.3 is 0 Å². The maximum absolute atomic E-state index is 4.06. The molecule has 0 saturated heterocycles. The van der Waals surface area contributed by atoms with Gasteiger partial charge in [-0.3, -0.25) is 5.32 Å². The van der Waals surface area contributed by atoms with Crippen molar-refractivity contribution in [1.29, 1.82) is 0 Å². The first-order chi connectivity index (χ1) is 24.2. The number of likely N-dealkylation sites (N-methyl/N-ethyl adjacent to an activating group) is 1. The Morgan fingerprint density at radius 1 is 0.633 bits per heavy atom. The molecular formula is C44H37N5. The van der Waals surface area contributed by atoms with Crippen molar-refractivity contribution in [3.63, 3.8) is 0 Å². The molecule has 5 aliphatic rings. The fourth-order valence-electron chi connectivity index (χ4n) is 8.70. The molecule has 0 radical (unpaired) electrons. The molecule has 5 nitrogen and oxygen atoms in total. The van der Waals surface area contributed by atoms with E-state index in [4.69, 9.17) is 0 Å². The second kappa shape index (κ2) is 11.1. The Labute approximate surface area is 287 Å². The van der Waals surface area contributed by atoms with E-state index in [-0.39, 0.29) is 24.3 Å². The lowest BCUT2D eigenvalue weighted by Gasteiger charge is -2.43. The maximum Gasteiger partial charge on any atom is 0.160 e. The lowest BCUT2D eigenvalue weighted by Crippen LogP contribution is -2.53. The van der Waals surface area contributed by atoms with Gasteiger partial charge in [-0.15, -0.1) is 0 Å². The van der Waals surface area contributed by atoms with Crippen LogP contribution in [-0.4, -0.2) is 30.8 Å². The summed E-state index contributed by atoms with van der Waals surface area (Å²) in [6.45, 7) is 0.837.